The maximum Gasteiger partial charge on any atom is 0.154 e. The highest BCUT2D eigenvalue weighted by Crippen LogP contribution is 2.16. The highest BCUT2D eigenvalue weighted by Gasteiger charge is 2.14. The normalized spacial score (nSPS) is 14.7. The fraction of sp³-hybridized carbons (Fsp3) is 1.00. The number of rotatable bonds is 14. The van der Waals surface area contributed by atoms with Crippen molar-refractivity contribution >= 4 is 0 Å². The van der Waals surface area contributed by atoms with Crippen LogP contribution in [0, 0.1) is 0 Å². The minimum Gasteiger partial charge on any atom is -0.368 e. The quantitative estimate of drug-likeness (QED) is 0.384. The Morgan fingerprint density at radius 1 is 0.850 bits per heavy atom. The Labute approximate surface area is 126 Å². The zero-order valence-corrected chi connectivity index (χ0v) is 14.2. The number of aliphatic hydroxyl groups excluding tert-OH is 1. The lowest BCUT2D eigenvalue weighted by atomic mass is 10.0. The lowest BCUT2D eigenvalue weighted by Crippen LogP contribution is -2.23. The van der Waals surface area contributed by atoms with Crippen molar-refractivity contribution < 1.29 is 9.84 Å². The lowest BCUT2D eigenvalue weighted by Gasteiger charge is -2.22. The van der Waals surface area contributed by atoms with Crippen LogP contribution in [0.25, 0.3) is 0 Å². The first-order chi connectivity index (χ1) is 9.60. The van der Waals surface area contributed by atoms with Gasteiger partial charge in [0.1, 0.15) is 0 Å². The number of hydrogen-bond acceptors (Lipinski definition) is 3. The van der Waals surface area contributed by atoms with Gasteiger partial charge in [0, 0.05) is 0 Å². The van der Waals surface area contributed by atoms with E-state index in [2.05, 4.69) is 32.8 Å². The van der Waals surface area contributed by atoms with Crippen molar-refractivity contribution in [3.05, 3.63) is 0 Å². The monoisotopic (exact) mass is 287 g/mol. The lowest BCUT2D eigenvalue weighted by molar-refractivity contribution is -0.144. The third kappa shape index (κ3) is 12.9. The van der Waals surface area contributed by atoms with Crippen LogP contribution in [0.3, 0.4) is 0 Å². The summed E-state index contributed by atoms with van der Waals surface area (Å²) in [6.45, 7) is 5.46. The summed E-state index contributed by atoms with van der Waals surface area (Å²) in [7, 11) is 4.12. The summed E-state index contributed by atoms with van der Waals surface area (Å²) in [6, 6.07) is 0. The Kier molecular flexibility index (Phi) is 13.8. The molecule has 0 aromatic carbocycles. The first-order valence-corrected chi connectivity index (χ1v) is 8.58. The van der Waals surface area contributed by atoms with Gasteiger partial charge in [-0.1, -0.05) is 52.4 Å². The summed E-state index contributed by atoms with van der Waals surface area (Å²) >= 11 is 0. The van der Waals surface area contributed by atoms with Crippen molar-refractivity contribution in [3.63, 3.8) is 0 Å². The molecule has 0 rings (SSSR count). The van der Waals surface area contributed by atoms with Gasteiger partial charge in [0.25, 0.3) is 0 Å². The Balaban J connectivity index is 3.86. The van der Waals surface area contributed by atoms with E-state index in [4.69, 9.17) is 4.74 Å². The number of ether oxygens (including phenoxy) is 1. The van der Waals surface area contributed by atoms with E-state index in [1.165, 1.54) is 38.5 Å². The highest BCUT2D eigenvalue weighted by molar-refractivity contribution is 4.61. The maximum atomic E-state index is 9.99. The second kappa shape index (κ2) is 13.8. The molecule has 0 aliphatic carbocycles. The maximum absolute atomic E-state index is 9.99. The van der Waals surface area contributed by atoms with Crippen molar-refractivity contribution in [1.29, 1.82) is 0 Å². The molecule has 0 aliphatic heterocycles. The molecule has 0 saturated carbocycles. The number of hydrogen-bond donors (Lipinski definition) is 1. The molecule has 122 valence electrons. The van der Waals surface area contributed by atoms with E-state index in [1.807, 2.05) is 0 Å². The molecule has 20 heavy (non-hydrogen) atoms. The second-order valence-electron chi connectivity index (χ2n) is 6.15. The summed E-state index contributed by atoms with van der Waals surface area (Å²) in [5.41, 5.74) is 0. The molecule has 0 radical (unpaired) electrons. The predicted molar refractivity (Wildman–Crippen MR) is 87.0 cm³/mol. The van der Waals surface area contributed by atoms with Crippen LogP contribution >= 0.6 is 0 Å². The first kappa shape index (κ1) is 19.9. The average Bonchev–Trinajstić information content (AvgIpc) is 2.40. The Morgan fingerprint density at radius 2 is 1.50 bits per heavy atom. The van der Waals surface area contributed by atoms with E-state index < -0.39 is 6.29 Å². The third-order valence-electron chi connectivity index (χ3n) is 3.67. The van der Waals surface area contributed by atoms with Crippen molar-refractivity contribution in [2.24, 2.45) is 0 Å². The number of aliphatic hydroxyl groups is 1. The van der Waals surface area contributed by atoms with Crippen LogP contribution < -0.4 is 0 Å². The van der Waals surface area contributed by atoms with Crippen LogP contribution in [-0.4, -0.2) is 43.0 Å². The number of nitrogens with zero attached hydrogens (tertiary/aromatic N) is 1. The zero-order chi connectivity index (χ0) is 15.2. The molecular formula is C17H37NO2. The van der Waals surface area contributed by atoms with E-state index in [0.717, 1.165) is 32.2 Å². The summed E-state index contributed by atoms with van der Waals surface area (Å²) < 4.78 is 5.85. The van der Waals surface area contributed by atoms with Gasteiger partial charge in [-0.2, -0.15) is 0 Å². The van der Waals surface area contributed by atoms with Gasteiger partial charge in [-0.05, 0) is 46.3 Å². The Morgan fingerprint density at radius 3 is 2.10 bits per heavy atom. The smallest absolute Gasteiger partial charge is 0.154 e. The van der Waals surface area contributed by atoms with Crippen LogP contribution in [0.1, 0.15) is 78.1 Å². The van der Waals surface area contributed by atoms with Crippen molar-refractivity contribution in [3.8, 4) is 0 Å². The van der Waals surface area contributed by atoms with Gasteiger partial charge in [-0.15, -0.1) is 0 Å². The molecule has 3 heteroatoms. The summed E-state index contributed by atoms with van der Waals surface area (Å²) in [5, 5.41) is 9.99. The largest absolute Gasteiger partial charge is 0.368 e. The van der Waals surface area contributed by atoms with Gasteiger partial charge < -0.3 is 14.7 Å². The summed E-state index contributed by atoms with van der Waals surface area (Å²) in [5.74, 6) is 0. The van der Waals surface area contributed by atoms with Gasteiger partial charge in [0.2, 0.25) is 0 Å². The number of unbranched alkanes of at least 4 members (excludes halogenated alkanes) is 4. The molecule has 3 nitrogen and oxygen atoms in total. The highest BCUT2D eigenvalue weighted by atomic mass is 16.6. The van der Waals surface area contributed by atoms with E-state index in [-0.39, 0.29) is 6.10 Å². The summed E-state index contributed by atoms with van der Waals surface area (Å²) in [4.78, 5) is 2.14. The van der Waals surface area contributed by atoms with Crippen LogP contribution in [0.15, 0.2) is 0 Å². The van der Waals surface area contributed by atoms with Gasteiger partial charge in [-0.25, -0.2) is 0 Å². The third-order valence-corrected chi connectivity index (χ3v) is 3.67. The van der Waals surface area contributed by atoms with E-state index >= 15 is 0 Å². The average molecular weight is 287 g/mol. The van der Waals surface area contributed by atoms with E-state index in [0.29, 0.717) is 0 Å². The van der Waals surface area contributed by atoms with Crippen LogP contribution in [-0.2, 0) is 4.74 Å². The van der Waals surface area contributed by atoms with E-state index in [9.17, 15) is 5.11 Å². The molecule has 0 saturated heterocycles. The molecule has 0 fully saturated rings. The Hall–Kier alpha value is -0.120. The zero-order valence-electron chi connectivity index (χ0n) is 14.2. The van der Waals surface area contributed by atoms with Crippen LogP contribution in [0.4, 0.5) is 0 Å². The molecule has 0 bridgehead atoms. The fourth-order valence-electron chi connectivity index (χ4n) is 2.38. The van der Waals surface area contributed by atoms with Crippen LogP contribution in [0.5, 0.6) is 0 Å². The van der Waals surface area contributed by atoms with Gasteiger partial charge in [-0.3, -0.25) is 0 Å². The molecule has 0 aliphatic rings. The molecule has 0 unspecified atom stereocenters. The predicted octanol–water partition coefficient (Wildman–Crippen LogP) is 4.19. The molecule has 1 N–H and O–H groups in total. The van der Waals surface area contributed by atoms with Crippen LogP contribution in [0.2, 0.25) is 0 Å². The molecule has 0 aromatic rings. The minimum absolute atomic E-state index is 0.251. The molecule has 0 amide bonds. The molecular weight excluding hydrogens is 250 g/mol. The van der Waals surface area contributed by atoms with Gasteiger partial charge in [0.15, 0.2) is 6.29 Å². The van der Waals surface area contributed by atoms with Crippen molar-refractivity contribution in [2.75, 3.05) is 20.6 Å². The first-order valence-electron chi connectivity index (χ1n) is 8.58. The standard InChI is InChI=1S/C17H37NO2/c1-5-7-9-10-13-16(12-8-6-2)20-17(19)14-11-15-18(3)4/h16-17,19H,5-15H2,1-4H3/t16-,17+/m0/s1. The second-order valence-corrected chi connectivity index (χ2v) is 6.15. The van der Waals surface area contributed by atoms with Gasteiger partial charge in [0.05, 0.1) is 6.10 Å². The molecule has 2 atom stereocenters. The molecule has 0 spiro atoms. The van der Waals surface area contributed by atoms with E-state index in [1.54, 1.807) is 0 Å². The summed E-state index contributed by atoms with van der Waals surface area (Å²) in [6.07, 6.45) is 11.1. The van der Waals surface area contributed by atoms with Crippen molar-refractivity contribution in [1.82, 2.24) is 4.90 Å². The fourth-order valence-corrected chi connectivity index (χ4v) is 2.38. The molecule has 0 heterocycles. The Bertz CT molecular complexity index is 197. The SMILES string of the molecule is CCCCCC[C@H](CCCC)O[C@@H](O)CCCN(C)C. The molecule has 0 aromatic heterocycles. The van der Waals surface area contributed by atoms with Crippen molar-refractivity contribution in [2.45, 2.75) is 90.4 Å². The topological polar surface area (TPSA) is 32.7 Å². The van der Waals surface area contributed by atoms with Gasteiger partial charge >= 0.3 is 0 Å². The minimum atomic E-state index is -0.581.